The Morgan fingerprint density at radius 1 is 1.03 bits per heavy atom. The van der Waals surface area contributed by atoms with Crippen LogP contribution in [0.2, 0.25) is 0 Å². The quantitative estimate of drug-likeness (QED) is 0.221. The van der Waals surface area contributed by atoms with Crippen molar-refractivity contribution < 1.29 is 9.53 Å². The van der Waals surface area contributed by atoms with Gasteiger partial charge in [-0.05, 0) is 76.8 Å². The lowest BCUT2D eigenvalue weighted by Gasteiger charge is -2.30. The van der Waals surface area contributed by atoms with Crippen LogP contribution in [0.5, 0.6) is 5.06 Å². The summed E-state index contributed by atoms with van der Waals surface area (Å²) in [5.74, 6) is 0.390. The molecular weight excluding hydrogens is 526 g/mol. The molecule has 206 valence electrons. The molecule has 2 N–H and O–H groups in total. The first-order valence-corrected chi connectivity index (χ1v) is 14.7. The van der Waals surface area contributed by atoms with Gasteiger partial charge in [-0.1, -0.05) is 71.0 Å². The molecule has 0 aliphatic carbocycles. The highest BCUT2D eigenvalue weighted by Crippen LogP contribution is 2.51. The molecule has 0 aliphatic heterocycles. The van der Waals surface area contributed by atoms with Gasteiger partial charge >= 0.3 is 6.09 Å². The Bertz CT molecular complexity index is 1390. The monoisotopic (exact) mass is 563 g/mol. The molecular formula is C30H37N5O2S2. The van der Waals surface area contributed by atoms with Gasteiger partial charge in [0.15, 0.2) is 10.9 Å². The molecule has 4 rings (SSSR count). The molecule has 0 radical (unpaired) electrons. The van der Waals surface area contributed by atoms with E-state index in [1.807, 2.05) is 17.8 Å². The van der Waals surface area contributed by atoms with E-state index in [9.17, 15) is 4.79 Å². The highest BCUT2D eigenvalue weighted by molar-refractivity contribution is 7.99. The molecule has 39 heavy (non-hydrogen) atoms. The van der Waals surface area contributed by atoms with Gasteiger partial charge < -0.3 is 10.1 Å². The van der Waals surface area contributed by atoms with Crippen molar-refractivity contribution in [2.45, 2.75) is 77.5 Å². The summed E-state index contributed by atoms with van der Waals surface area (Å²) in [6.45, 7) is 18.0. The number of hydrogen-bond acceptors (Lipinski definition) is 7. The number of ether oxygens (including phenoxy) is 1. The Morgan fingerprint density at radius 2 is 1.69 bits per heavy atom. The van der Waals surface area contributed by atoms with Gasteiger partial charge in [-0.15, -0.1) is 33.3 Å². The van der Waals surface area contributed by atoms with Crippen molar-refractivity contribution in [1.29, 1.82) is 0 Å². The fourth-order valence-corrected chi connectivity index (χ4v) is 7.13. The maximum Gasteiger partial charge on any atom is 0.413 e. The zero-order chi connectivity index (χ0) is 28.4. The number of nitrogens with zero attached hydrogens (tertiary/aromatic N) is 3. The number of H-pyrrole nitrogens is 1. The van der Waals surface area contributed by atoms with Gasteiger partial charge in [-0.25, -0.2) is 4.79 Å². The maximum atomic E-state index is 12.2. The highest BCUT2D eigenvalue weighted by atomic mass is 32.2. The summed E-state index contributed by atoms with van der Waals surface area (Å²) in [5.41, 5.74) is 6.54. The molecule has 1 amide bonds. The molecule has 0 spiro atoms. The largest absolute Gasteiger partial charge is 0.413 e. The Morgan fingerprint density at radius 3 is 2.26 bits per heavy atom. The molecule has 2 aromatic carbocycles. The lowest BCUT2D eigenvalue weighted by molar-refractivity contribution is 0.201. The van der Waals surface area contributed by atoms with Gasteiger partial charge in [0.05, 0.1) is 6.54 Å². The number of thioether (sulfide) groups is 1. The number of carbonyl (C=O) groups excluding carboxylic acids is 1. The van der Waals surface area contributed by atoms with Crippen LogP contribution in [0.25, 0.3) is 11.1 Å². The third-order valence-electron chi connectivity index (χ3n) is 6.42. The van der Waals surface area contributed by atoms with Gasteiger partial charge in [0.2, 0.25) is 0 Å². The Labute approximate surface area is 239 Å². The predicted molar refractivity (Wildman–Crippen MR) is 159 cm³/mol. The molecule has 9 heteroatoms. The SMILES string of the molecule is Cc1cc(SC(c2ccc(OC(=O)NCc3nn[nH]n3)s2)C(C)(C)C)cc(C)c1-c1ccc(C(C)(C)C)cc1. The van der Waals surface area contributed by atoms with E-state index < -0.39 is 6.09 Å². The van der Waals surface area contributed by atoms with Crippen molar-refractivity contribution in [3.63, 3.8) is 0 Å². The first-order valence-electron chi connectivity index (χ1n) is 13.0. The molecule has 0 bridgehead atoms. The molecule has 1 atom stereocenters. The van der Waals surface area contributed by atoms with Gasteiger partial charge in [0.25, 0.3) is 0 Å². The summed E-state index contributed by atoms with van der Waals surface area (Å²) in [6, 6.07) is 17.5. The summed E-state index contributed by atoms with van der Waals surface area (Å²) >= 11 is 3.35. The Balaban J connectivity index is 1.50. The van der Waals surface area contributed by atoms with Crippen molar-refractivity contribution in [2.24, 2.45) is 5.41 Å². The molecule has 2 aromatic heterocycles. The first-order chi connectivity index (χ1) is 18.3. The molecule has 2 heterocycles. The summed E-state index contributed by atoms with van der Waals surface area (Å²) < 4.78 is 5.51. The van der Waals surface area contributed by atoms with Gasteiger partial charge in [-0.3, -0.25) is 0 Å². The number of nitrogens with one attached hydrogen (secondary N) is 2. The minimum Gasteiger partial charge on any atom is -0.399 e. The van der Waals surface area contributed by atoms with Crippen LogP contribution in [0.4, 0.5) is 4.79 Å². The standard InChI is InChI=1S/C30H37N5O2S2/c1-18-15-22(16-19(2)26(18)20-9-11-21(12-10-20)29(3,4)5)38-27(30(6,7)8)23-13-14-25(39-23)37-28(36)31-17-24-32-34-35-33-24/h9-16,27H,17H2,1-8H3,(H,31,36)(H,32,33,34,35). The lowest BCUT2D eigenvalue weighted by Crippen LogP contribution is -2.26. The number of carbonyl (C=O) groups is 1. The van der Waals surface area contributed by atoms with E-state index in [0.29, 0.717) is 10.9 Å². The van der Waals surface area contributed by atoms with Crippen LogP contribution in [-0.2, 0) is 12.0 Å². The average Bonchev–Trinajstić information content (AvgIpc) is 3.52. The average molecular weight is 564 g/mol. The topological polar surface area (TPSA) is 92.8 Å². The van der Waals surface area contributed by atoms with Gasteiger partial charge in [-0.2, -0.15) is 5.21 Å². The summed E-state index contributed by atoms with van der Waals surface area (Å²) in [6.07, 6.45) is -0.550. The van der Waals surface area contributed by atoms with Crippen LogP contribution < -0.4 is 10.1 Å². The highest BCUT2D eigenvalue weighted by Gasteiger charge is 2.29. The van der Waals surface area contributed by atoms with Crippen LogP contribution >= 0.6 is 23.1 Å². The van der Waals surface area contributed by atoms with Crippen LogP contribution in [0.1, 0.15) is 74.2 Å². The fourth-order valence-electron chi connectivity index (χ4n) is 4.45. The Hall–Kier alpha value is -3.17. The third kappa shape index (κ3) is 7.28. The van der Waals surface area contributed by atoms with E-state index in [0.717, 1.165) is 4.88 Å². The van der Waals surface area contributed by atoms with Crippen molar-refractivity contribution in [3.05, 3.63) is 75.9 Å². The number of rotatable bonds is 7. The van der Waals surface area contributed by atoms with E-state index in [1.54, 1.807) is 0 Å². The molecule has 7 nitrogen and oxygen atoms in total. The number of aryl methyl sites for hydroxylation is 2. The summed E-state index contributed by atoms with van der Waals surface area (Å²) in [4.78, 5) is 14.6. The Kier molecular flexibility index (Phi) is 8.51. The maximum absolute atomic E-state index is 12.2. The van der Waals surface area contributed by atoms with Crippen molar-refractivity contribution in [1.82, 2.24) is 25.9 Å². The van der Waals surface area contributed by atoms with Gasteiger partial charge in [0.1, 0.15) is 0 Å². The normalized spacial score (nSPS) is 12.8. The minimum absolute atomic E-state index is 0.0169. The molecule has 0 aliphatic rings. The number of benzene rings is 2. The number of hydrogen-bond donors (Lipinski definition) is 2. The van der Waals surface area contributed by atoms with Crippen LogP contribution in [0.15, 0.2) is 53.4 Å². The third-order valence-corrected chi connectivity index (χ3v) is 9.30. The van der Waals surface area contributed by atoms with Crippen molar-refractivity contribution in [3.8, 4) is 16.2 Å². The van der Waals surface area contributed by atoms with E-state index >= 15 is 0 Å². The molecule has 1 unspecified atom stereocenters. The lowest BCUT2D eigenvalue weighted by atomic mass is 9.85. The zero-order valence-electron chi connectivity index (χ0n) is 23.9. The summed E-state index contributed by atoms with van der Waals surface area (Å²) in [7, 11) is 0. The van der Waals surface area contributed by atoms with E-state index in [2.05, 4.69) is 124 Å². The number of thiophene rings is 1. The molecule has 0 saturated carbocycles. The van der Waals surface area contributed by atoms with Crippen molar-refractivity contribution in [2.75, 3.05) is 0 Å². The summed E-state index contributed by atoms with van der Waals surface area (Å²) in [5, 5.41) is 16.8. The van der Waals surface area contributed by atoms with Crippen LogP contribution in [0, 0.1) is 19.3 Å². The van der Waals surface area contributed by atoms with E-state index in [4.69, 9.17) is 4.74 Å². The van der Waals surface area contributed by atoms with Crippen LogP contribution in [0.3, 0.4) is 0 Å². The first kappa shape index (κ1) is 28.8. The number of aromatic nitrogens is 4. The molecule has 0 saturated heterocycles. The second-order valence-corrected chi connectivity index (χ2v) is 14.1. The van der Waals surface area contributed by atoms with E-state index in [1.165, 1.54) is 44.0 Å². The van der Waals surface area contributed by atoms with Crippen molar-refractivity contribution >= 4 is 29.2 Å². The molecule has 0 fully saturated rings. The fraction of sp³-hybridized carbons (Fsp3) is 0.400. The number of aromatic amines is 1. The number of tetrazole rings is 1. The molecule has 4 aromatic rings. The minimum atomic E-state index is -0.550. The predicted octanol–water partition coefficient (Wildman–Crippen LogP) is 8.01. The zero-order valence-corrected chi connectivity index (χ0v) is 25.5. The van der Waals surface area contributed by atoms with E-state index in [-0.39, 0.29) is 22.6 Å². The second-order valence-electron chi connectivity index (χ2n) is 11.9. The van der Waals surface area contributed by atoms with Gasteiger partial charge in [0, 0.05) is 15.0 Å². The smallest absolute Gasteiger partial charge is 0.399 e. The second kappa shape index (κ2) is 11.5. The van der Waals surface area contributed by atoms with Crippen LogP contribution in [-0.4, -0.2) is 26.7 Å². The number of amides is 1.